The summed E-state index contributed by atoms with van der Waals surface area (Å²) in [6, 6.07) is 11.6. The number of hydrogen-bond acceptors (Lipinski definition) is 6. The van der Waals surface area contributed by atoms with E-state index in [9.17, 15) is 14.7 Å². The molecule has 1 heterocycles. The summed E-state index contributed by atoms with van der Waals surface area (Å²) in [5, 5.41) is 15.6. The Balaban J connectivity index is 1.71. The number of ether oxygens (including phenoxy) is 3. The highest BCUT2D eigenvalue weighted by Gasteiger charge is 2.31. The topological polar surface area (TPSA) is 106 Å². The van der Waals surface area contributed by atoms with Gasteiger partial charge in [-0.1, -0.05) is 30.3 Å². The van der Waals surface area contributed by atoms with Crippen LogP contribution in [-0.4, -0.2) is 36.5 Å². The Morgan fingerprint density at radius 1 is 1.15 bits per heavy atom. The SMILES string of the molecule is CCOC(=O)C(NC(=O)Nc1ccc2c(c1)OCO2)C(O)c1ccccc1. The normalized spacial score (nSPS) is 14.1. The molecule has 1 aliphatic heterocycles. The van der Waals surface area contributed by atoms with E-state index in [2.05, 4.69) is 10.6 Å². The molecule has 8 nitrogen and oxygen atoms in total. The molecule has 2 aromatic rings. The molecule has 0 aromatic heterocycles. The second-order valence-corrected chi connectivity index (χ2v) is 5.75. The van der Waals surface area contributed by atoms with Gasteiger partial charge >= 0.3 is 12.0 Å². The number of aliphatic hydroxyl groups excluding tert-OH is 1. The Hall–Kier alpha value is -3.26. The van der Waals surface area contributed by atoms with E-state index < -0.39 is 24.1 Å². The molecule has 0 radical (unpaired) electrons. The highest BCUT2D eigenvalue weighted by molar-refractivity contribution is 5.93. The van der Waals surface area contributed by atoms with Crippen molar-refractivity contribution in [2.75, 3.05) is 18.7 Å². The van der Waals surface area contributed by atoms with Gasteiger partial charge in [0.25, 0.3) is 0 Å². The smallest absolute Gasteiger partial charge is 0.331 e. The lowest BCUT2D eigenvalue weighted by molar-refractivity contribution is -0.148. The van der Waals surface area contributed by atoms with Crippen LogP contribution < -0.4 is 20.1 Å². The van der Waals surface area contributed by atoms with Gasteiger partial charge < -0.3 is 30.0 Å². The molecule has 3 rings (SSSR count). The zero-order valence-corrected chi connectivity index (χ0v) is 14.7. The van der Waals surface area contributed by atoms with Crippen molar-refractivity contribution in [3.05, 3.63) is 54.1 Å². The molecule has 0 aliphatic carbocycles. The van der Waals surface area contributed by atoms with Gasteiger partial charge in [0, 0.05) is 11.8 Å². The maximum atomic E-state index is 12.4. The van der Waals surface area contributed by atoms with Crippen molar-refractivity contribution < 1.29 is 28.9 Å². The summed E-state index contributed by atoms with van der Waals surface area (Å²) in [7, 11) is 0. The number of fused-ring (bicyclic) bond motifs is 1. The first-order valence-corrected chi connectivity index (χ1v) is 8.45. The quantitative estimate of drug-likeness (QED) is 0.671. The third kappa shape index (κ3) is 4.48. The molecule has 27 heavy (non-hydrogen) atoms. The van der Waals surface area contributed by atoms with Crippen LogP contribution in [-0.2, 0) is 9.53 Å². The van der Waals surface area contributed by atoms with Gasteiger partial charge in [0.2, 0.25) is 6.79 Å². The van der Waals surface area contributed by atoms with E-state index in [1.807, 2.05) is 0 Å². The number of urea groups is 1. The summed E-state index contributed by atoms with van der Waals surface area (Å²) in [6.45, 7) is 1.90. The zero-order valence-electron chi connectivity index (χ0n) is 14.7. The van der Waals surface area contributed by atoms with Gasteiger partial charge in [-0.3, -0.25) is 0 Å². The number of rotatable bonds is 6. The van der Waals surface area contributed by atoms with Crippen molar-refractivity contribution in [1.29, 1.82) is 0 Å². The largest absolute Gasteiger partial charge is 0.464 e. The van der Waals surface area contributed by atoms with Crippen LogP contribution in [0.4, 0.5) is 10.5 Å². The number of aliphatic hydroxyl groups is 1. The maximum Gasteiger partial charge on any atom is 0.331 e. The van der Waals surface area contributed by atoms with Crippen LogP contribution in [0, 0.1) is 0 Å². The van der Waals surface area contributed by atoms with Crippen LogP contribution in [0.5, 0.6) is 11.5 Å². The monoisotopic (exact) mass is 372 g/mol. The molecular weight excluding hydrogens is 352 g/mol. The van der Waals surface area contributed by atoms with Crippen molar-refractivity contribution in [2.45, 2.75) is 19.1 Å². The zero-order chi connectivity index (χ0) is 19.2. The minimum absolute atomic E-state index is 0.124. The fraction of sp³-hybridized carbons (Fsp3) is 0.263. The van der Waals surface area contributed by atoms with Crippen LogP contribution in [0.3, 0.4) is 0 Å². The fourth-order valence-electron chi connectivity index (χ4n) is 2.62. The summed E-state index contributed by atoms with van der Waals surface area (Å²) >= 11 is 0. The van der Waals surface area contributed by atoms with Crippen molar-refractivity contribution in [3.63, 3.8) is 0 Å². The average Bonchev–Trinajstić information content (AvgIpc) is 3.14. The third-order valence-electron chi connectivity index (χ3n) is 3.91. The number of anilines is 1. The Morgan fingerprint density at radius 3 is 2.63 bits per heavy atom. The summed E-state index contributed by atoms with van der Waals surface area (Å²) in [6.07, 6.45) is -1.26. The minimum atomic E-state index is -1.26. The van der Waals surface area contributed by atoms with Crippen LogP contribution in [0.15, 0.2) is 48.5 Å². The lowest BCUT2D eigenvalue weighted by Gasteiger charge is -2.23. The molecule has 2 atom stereocenters. The average molecular weight is 372 g/mol. The van der Waals surface area contributed by atoms with E-state index in [-0.39, 0.29) is 13.4 Å². The molecule has 2 aromatic carbocycles. The highest BCUT2D eigenvalue weighted by Crippen LogP contribution is 2.34. The maximum absolute atomic E-state index is 12.4. The van der Waals surface area contributed by atoms with Gasteiger partial charge in [-0.15, -0.1) is 0 Å². The molecule has 2 unspecified atom stereocenters. The molecule has 0 fully saturated rings. The van der Waals surface area contributed by atoms with Crippen molar-refractivity contribution >= 4 is 17.7 Å². The Labute approximate surface area is 156 Å². The Kier molecular flexibility index (Phi) is 5.77. The summed E-state index contributed by atoms with van der Waals surface area (Å²) in [4.78, 5) is 24.6. The molecule has 0 saturated heterocycles. The number of carbonyl (C=O) groups is 2. The van der Waals surface area contributed by atoms with Crippen LogP contribution in [0.25, 0.3) is 0 Å². The molecule has 2 amide bonds. The van der Waals surface area contributed by atoms with Crippen LogP contribution in [0.2, 0.25) is 0 Å². The van der Waals surface area contributed by atoms with Crippen molar-refractivity contribution in [3.8, 4) is 11.5 Å². The summed E-state index contributed by atoms with van der Waals surface area (Å²) in [5.74, 6) is 0.374. The first-order valence-electron chi connectivity index (χ1n) is 8.45. The molecule has 8 heteroatoms. The molecule has 1 aliphatic rings. The number of benzene rings is 2. The predicted molar refractivity (Wildman–Crippen MR) is 96.5 cm³/mol. The van der Waals surface area contributed by atoms with E-state index in [1.54, 1.807) is 55.5 Å². The van der Waals surface area contributed by atoms with Crippen LogP contribution in [0.1, 0.15) is 18.6 Å². The van der Waals surface area contributed by atoms with Crippen molar-refractivity contribution in [2.24, 2.45) is 0 Å². The molecular formula is C19H20N2O6. The number of amides is 2. The Bertz CT molecular complexity index is 811. The Morgan fingerprint density at radius 2 is 1.89 bits per heavy atom. The number of carbonyl (C=O) groups excluding carboxylic acids is 2. The molecule has 3 N–H and O–H groups in total. The first kappa shape index (κ1) is 18.5. The van der Waals surface area contributed by atoms with E-state index in [0.29, 0.717) is 22.7 Å². The van der Waals surface area contributed by atoms with Gasteiger partial charge in [0.15, 0.2) is 17.5 Å². The van der Waals surface area contributed by atoms with Gasteiger partial charge in [-0.2, -0.15) is 0 Å². The van der Waals surface area contributed by atoms with Gasteiger partial charge in [0.1, 0.15) is 6.10 Å². The van der Waals surface area contributed by atoms with E-state index in [4.69, 9.17) is 14.2 Å². The van der Waals surface area contributed by atoms with Gasteiger partial charge in [-0.05, 0) is 24.6 Å². The van der Waals surface area contributed by atoms with E-state index >= 15 is 0 Å². The lowest BCUT2D eigenvalue weighted by Crippen LogP contribution is -2.47. The van der Waals surface area contributed by atoms with E-state index in [1.165, 1.54) is 0 Å². The number of esters is 1. The van der Waals surface area contributed by atoms with Gasteiger partial charge in [0.05, 0.1) is 6.61 Å². The number of hydrogen-bond donors (Lipinski definition) is 3. The van der Waals surface area contributed by atoms with Crippen LogP contribution >= 0.6 is 0 Å². The summed E-state index contributed by atoms with van der Waals surface area (Å²) < 4.78 is 15.5. The van der Waals surface area contributed by atoms with E-state index in [0.717, 1.165) is 0 Å². The lowest BCUT2D eigenvalue weighted by atomic mass is 10.0. The molecule has 0 bridgehead atoms. The summed E-state index contributed by atoms with van der Waals surface area (Å²) in [5.41, 5.74) is 0.937. The third-order valence-corrected chi connectivity index (χ3v) is 3.91. The fourth-order valence-corrected chi connectivity index (χ4v) is 2.62. The minimum Gasteiger partial charge on any atom is -0.464 e. The molecule has 0 spiro atoms. The van der Waals surface area contributed by atoms with Gasteiger partial charge in [-0.25, -0.2) is 9.59 Å². The number of nitrogens with one attached hydrogen (secondary N) is 2. The predicted octanol–water partition coefficient (Wildman–Crippen LogP) is 2.20. The molecule has 142 valence electrons. The first-order chi connectivity index (χ1) is 13.1. The second kappa shape index (κ2) is 8.41. The highest BCUT2D eigenvalue weighted by atomic mass is 16.7. The van der Waals surface area contributed by atoms with Crippen molar-refractivity contribution in [1.82, 2.24) is 5.32 Å². The second-order valence-electron chi connectivity index (χ2n) is 5.75. The standard InChI is InChI=1S/C19H20N2O6/c1-2-25-18(23)16(17(22)12-6-4-3-5-7-12)21-19(24)20-13-8-9-14-15(10-13)27-11-26-14/h3-10,16-17,22H,2,11H2,1H3,(H2,20,21,24). The molecule has 0 saturated carbocycles.